The van der Waals surface area contributed by atoms with Crippen LogP contribution in [0.25, 0.3) is 0 Å². The van der Waals surface area contributed by atoms with E-state index in [2.05, 4.69) is 29.6 Å². The topological polar surface area (TPSA) is 66.5 Å². The van der Waals surface area contributed by atoms with E-state index in [1.807, 2.05) is 54.6 Å². The highest BCUT2D eigenvalue weighted by atomic mass is 35.5. The molecule has 192 valence electrons. The maximum absolute atomic E-state index is 14.3. The number of hydrogen-bond acceptors (Lipinski definition) is 3. The third kappa shape index (κ3) is 3.64. The number of rotatable bonds is 5. The minimum absolute atomic E-state index is 0.212. The number of para-hydroxylation sites is 1. The van der Waals surface area contributed by atoms with E-state index in [-0.39, 0.29) is 30.1 Å². The molecule has 4 aromatic carbocycles. The van der Waals surface area contributed by atoms with Crippen molar-refractivity contribution >= 4 is 35.0 Å². The zero-order chi connectivity index (χ0) is 26.7. The number of hydrogen-bond donors (Lipinski definition) is 1. The molecule has 3 aliphatic carbocycles. The molecular formula is C33H25ClN2O3. The van der Waals surface area contributed by atoms with E-state index in [0.717, 1.165) is 27.8 Å². The highest BCUT2D eigenvalue weighted by molar-refractivity contribution is 6.33. The lowest BCUT2D eigenvalue weighted by Gasteiger charge is -2.45. The Labute approximate surface area is 231 Å². The molecule has 3 atom stereocenters. The van der Waals surface area contributed by atoms with Crippen LogP contribution in [-0.2, 0) is 20.8 Å². The lowest BCUT2D eigenvalue weighted by Crippen LogP contribution is -2.49. The number of amides is 3. The fourth-order valence-corrected chi connectivity index (χ4v) is 7.11. The van der Waals surface area contributed by atoms with Gasteiger partial charge in [-0.05, 0) is 39.9 Å². The van der Waals surface area contributed by atoms with Crippen LogP contribution in [0.1, 0.15) is 39.7 Å². The van der Waals surface area contributed by atoms with Gasteiger partial charge in [-0.2, -0.15) is 0 Å². The van der Waals surface area contributed by atoms with Gasteiger partial charge >= 0.3 is 0 Å². The van der Waals surface area contributed by atoms with Gasteiger partial charge < -0.3 is 5.32 Å². The lowest BCUT2D eigenvalue weighted by molar-refractivity contribution is -0.146. The van der Waals surface area contributed by atoms with Gasteiger partial charge in [0.25, 0.3) is 0 Å². The van der Waals surface area contributed by atoms with Gasteiger partial charge in [0.15, 0.2) is 0 Å². The number of anilines is 1. The van der Waals surface area contributed by atoms with Gasteiger partial charge in [-0.25, -0.2) is 0 Å². The van der Waals surface area contributed by atoms with Crippen LogP contribution in [0.4, 0.5) is 5.69 Å². The summed E-state index contributed by atoms with van der Waals surface area (Å²) in [5.74, 6) is -2.53. The summed E-state index contributed by atoms with van der Waals surface area (Å²) in [7, 11) is 0. The Morgan fingerprint density at radius 2 is 1.15 bits per heavy atom. The van der Waals surface area contributed by atoms with Crippen LogP contribution in [-0.4, -0.2) is 28.7 Å². The zero-order valence-electron chi connectivity index (χ0n) is 21.0. The standard InChI is InChI=1S/C33H25ClN2O3/c34-24-16-8-9-17-25(24)35-31(37)26(18-19-10-2-1-3-11-19)36-32(38)29-27-20-12-4-5-13-21(20)28(30(29)33(36)39)23-15-7-6-14-22(23)27/h1-17,26-30H,18H2,(H,35,37). The van der Waals surface area contributed by atoms with Crippen LogP contribution in [0.5, 0.6) is 0 Å². The third-order valence-electron chi connectivity index (χ3n) is 8.50. The molecule has 0 aromatic heterocycles. The number of imide groups is 1. The Balaban J connectivity index is 1.32. The van der Waals surface area contributed by atoms with Crippen molar-refractivity contribution in [2.24, 2.45) is 11.8 Å². The first kappa shape index (κ1) is 23.9. The highest BCUT2D eigenvalue weighted by Crippen LogP contribution is 2.61. The van der Waals surface area contributed by atoms with Crippen molar-refractivity contribution in [2.75, 3.05) is 5.32 Å². The quantitative estimate of drug-likeness (QED) is 0.331. The fraction of sp³-hybridized carbons (Fsp3) is 0.182. The van der Waals surface area contributed by atoms with Crippen molar-refractivity contribution in [3.05, 3.63) is 136 Å². The summed E-state index contributed by atoms with van der Waals surface area (Å²) in [6.07, 6.45) is 0.212. The van der Waals surface area contributed by atoms with Crippen molar-refractivity contribution in [1.82, 2.24) is 4.90 Å². The number of halogens is 1. The first-order valence-electron chi connectivity index (χ1n) is 13.2. The Hall–Kier alpha value is -4.22. The molecule has 4 aliphatic rings. The largest absolute Gasteiger partial charge is 0.323 e. The van der Waals surface area contributed by atoms with Gasteiger partial charge in [-0.15, -0.1) is 0 Å². The molecule has 0 saturated carbocycles. The van der Waals surface area contributed by atoms with Gasteiger partial charge in [-0.1, -0.05) is 103 Å². The predicted octanol–water partition coefficient (Wildman–Crippen LogP) is 5.78. The number of likely N-dealkylation sites (tertiary alicyclic amines) is 1. The molecule has 1 heterocycles. The van der Waals surface area contributed by atoms with E-state index in [9.17, 15) is 14.4 Å². The molecule has 3 amide bonds. The normalized spacial score (nSPS) is 23.2. The summed E-state index contributed by atoms with van der Waals surface area (Å²) in [6, 6.07) is 31.7. The summed E-state index contributed by atoms with van der Waals surface area (Å²) < 4.78 is 0. The van der Waals surface area contributed by atoms with E-state index in [0.29, 0.717) is 10.7 Å². The van der Waals surface area contributed by atoms with Crippen LogP contribution in [0.3, 0.4) is 0 Å². The summed E-state index contributed by atoms with van der Waals surface area (Å²) in [5.41, 5.74) is 5.72. The van der Waals surface area contributed by atoms with E-state index < -0.39 is 23.8 Å². The molecule has 2 bridgehead atoms. The molecule has 1 saturated heterocycles. The minimum Gasteiger partial charge on any atom is -0.323 e. The van der Waals surface area contributed by atoms with E-state index in [1.54, 1.807) is 24.3 Å². The summed E-state index contributed by atoms with van der Waals surface area (Å²) in [5, 5.41) is 3.28. The predicted molar refractivity (Wildman–Crippen MR) is 149 cm³/mol. The summed E-state index contributed by atoms with van der Waals surface area (Å²) in [6.45, 7) is 0. The first-order valence-corrected chi connectivity index (χ1v) is 13.6. The van der Waals surface area contributed by atoms with Crippen LogP contribution in [0.15, 0.2) is 103 Å². The molecular weight excluding hydrogens is 508 g/mol. The Bertz CT molecular complexity index is 1520. The van der Waals surface area contributed by atoms with Gasteiger partial charge in [0, 0.05) is 18.3 Å². The number of benzene rings is 4. The average molecular weight is 533 g/mol. The molecule has 1 aliphatic heterocycles. The Kier molecular flexibility index (Phi) is 5.64. The summed E-state index contributed by atoms with van der Waals surface area (Å²) in [4.78, 5) is 43.7. The molecule has 4 aromatic rings. The monoisotopic (exact) mass is 532 g/mol. The second-order valence-corrected chi connectivity index (χ2v) is 10.9. The number of nitrogens with one attached hydrogen (secondary N) is 1. The number of carbonyl (C=O) groups excluding carboxylic acids is 3. The molecule has 5 nitrogen and oxygen atoms in total. The van der Waals surface area contributed by atoms with Gasteiger partial charge in [0.05, 0.1) is 22.5 Å². The molecule has 0 radical (unpaired) electrons. The van der Waals surface area contributed by atoms with E-state index in [1.165, 1.54) is 4.90 Å². The highest BCUT2D eigenvalue weighted by Gasteiger charge is 2.63. The van der Waals surface area contributed by atoms with Crippen LogP contribution in [0, 0.1) is 11.8 Å². The number of nitrogens with zero attached hydrogens (tertiary/aromatic N) is 1. The van der Waals surface area contributed by atoms with E-state index in [4.69, 9.17) is 11.6 Å². The molecule has 8 rings (SSSR count). The molecule has 1 N–H and O–H groups in total. The molecule has 1 fully saturated rings. The number of carbonyl (C=O) groups is 3. The lowest BCUT2D eigenvalue weighted by atomic mass is 9.55. The second kappa shape index (κ2) is 9.21. The summed E-state index contributed by atoms with van der Waals surface area (Å²) >= 11 is 6.34. The second-order valence-electron chi connectivity index (χ2n) is 10.5. The molecule has 3 unspecified atom stereocenters. The maximum Gasteiger partial charge on any atom is 0.248 e. The fourth-order valence-electron chi connectivity index (χ4n) is 6.92. The van der Waals surface area contributed by atoms with Crippen molar-refractivity contribution < 1.29 is 14.4 Å². The maximum atomic E-state index is 14.3. The Morgan fingerprint density at radius 3 is 1.67 bits per heavy atom. The van der Waals surface area contributed by atoms with Crippen LogP contribution < -0.4 is 5.32 Å². The average Bonchev–Trinajstić information content (AvgIpc) is 3.23. The molecule has 0 spiro atoms. The zero-order valence-corrected chi connectivity index (χ0v) is 21.7. The molecule has 6 heteroatoms. The minimum atomic E-state index is -1.01. The smallest absolute Gasteiger partial charge is 0.248 e. The van der Waals surface area contributed by atoms with Crippen molar-refractivity contribution in [3.63, 3.8) is 0 Å². The Morgan fingerprint density at radius 1 is 0.692 bits per heavy atom. The van der Waals surface area contributed by atoms with Crippen molar-refractivity contribution in [3.8, 4) is 0 Å². The van der Waals surface area contributed by atoms with Crippen LogP contribution >= 0.6 is 11.6 Å². The van der Waals surface area contributed by atoms with Gasteiger partial charge in [-0.3, -0.25) is 19.3 Å². The van der Waals surface area contributed by atoms with Crippen molar-refractivity contribution in [2.45, 2.75) is 24.3 Å². The van der Waals surface area contributed by atoms with Crippen LogP contribution in [0.2, 0.25) is 5.02 Å². The van der Waals surface area contributed by atoms with Gasteiger partial charge in [0.2, 0.25) is 17.7 Å². The SMILES string of the molecule is O=C(Nc1ccccc1Cl)C(Cc1ccccc1)N1C(=O)C2C3c4ccccc4C(c4ccccc43)C2C1=O. The van der Waals surface area contributed by atoms with Gasteiger partial charge in [0.1, 0.15) is 6.04 Å². The first-order chi connectivity index (χ1) is 19.0. The third-order valence-corrected chi connectivity index (χ3v) is 8.83. The molecule has 39 heavy (non-hydrogen) atoms. The van der Waals surface area contributed by atoms with E-state index >= 15 is 0 Å². The van der Waals surface area contributed by atoms with Crippen molar-refractivity contribution in [1.29, 1.82) is 0 Å².